The zero-order valence-electron chi connectivity index (χ0n) is 19.4. The van der Waals surface area contributed by atoms with Crippen LogP contribution in [0.5, 0.6) is 0 Å². The number of amides is 1. The van der Waals surface area contributed by atoms with Gasteiger partial charge in [-0.25, -0.2) is 0 Å². The molecular weight excluding hydrogens is 426 g/mol. The summed E-state index contributed by atoms with van der Waals surface area (Å²) >= 11 is 0. The molecule has 174 valence electrons. The second-order valence-corrected chi connectivity index (χ2v) is 9.16. The largest absolute Gasteiger partial charge is 0.469 e. The Balaban J connectivity index is 1.30. The standard InChI is InChI=1S/C28H29N3O3/c1-34-28(33)21-11-9-19(10-12-21)16-30-27(32)25-8-4-7-20-13-14-31(26(20)25)18-24-15-22-5-2-3-6-23(22)17-29-24/h2-8,13-15,17,19,21H,9-12,16,18H2,1H3,(H,30,32)/t19-,21-. The predicted molar refractivity (Wildman–Crippen MR) is 133 cm³/mol. The Hall–Kier alpha value is -3.67. The lowest BCUT2D eigenvalue weighted by atomic mass is 9.82. The minimum Gasteiger partial charge on any atom is -0.469 e. The Morgan fingerprint density at radius 1 is 1.00 bits per heavy atom. The molecule has 1 saturated carbocycles. The third-order valence-corrected chi connectivity index (χ3v) is 6.99. The Labute approximate surface area is 198 Å². The first-order valence-corrected chi connectivity index (χ1v) is 11.9. The first-order chi connectivity index (χ1) is 16.6. The lowest BCUT2D eigenvalue weighted by molar-refractivity contribution is -0.146. The Bertz CT molecular complexity index is 1340. The van der Waals surface area contributed by atoms with E-state index < -0.39 is 0 Å². The van der Waals surface area contributed by atoms with Gasteiger partial charge < -0.3 is 14.6 Å². The maximum absolute atomic E-state index is 13.2. The molecule has 1 aliphatic rings. The zero-order valence-corrected chi connectivity index (χ0v) is 19.4. The van der Waals surface area contributed by atoms with Crippen molar-refractivity contribution in [2.24, 2.45) is 11.8 Å². The molecule has 0 unspecified atom stereocenters. The monoisotopic (exact) mass is 455 g/mol. The van der Waals surface area contributed by atoms with E-state index in [-0.39, 0.29) is 17.8 Å². The lowest BCUT2D eigenvalue weighted by Gasteiger charge is -2.27. The molecule has 34 heavy (non-hydrogen) atoms. The number of esters is 1. The first kappa shape index (κ1) is 22.1. The van der Waals surface area contributed by atoms with Gasteiger partial charge in [0.1, 0.15) is 0 Å². The van der Waals surface area contributed by atoms with Gasteiger partial charge in [0, 0.05) is 29.7 Å². The fourth-order valence-corrected chi connectivity index (χ4v) is 5.07. The van der Waals surface area contributed by atoms with Crippen molar-refractivity contribution in [2.45, 2.75) is 32.2 Å². The van der Waals surface area contributed by atoms with Gasteiger partial charge in [0.05, 0.1) is 36.3 Å². The van der Waals surface area contributed by atoms with Crippen molar-refractivity contribution in [3.8, 4) is 0 Å². The van der Waals surface area contributed by atoms with Crippen LogP contribution in [0, 0.1) is 11.8 Å². The molecule has 1 aliphatic carbocycles. The Morgan fingerprint density at radius 2 is 1.76 bits per heavy atom. The summed E-state index contributed by atoms with van der Waals surface area (Å²) in [5.74, 6) is 0.207. The van der Waals surface area contributed by atoms with E-state index in [1.54, 1.807) is 0 Å². The molecule has 1 fully saturated rings. The summed E-state index contributed by atoms with van der Waals surface area (Å²) in [6.07, 6.45) is 7.42. The zero-order chi connectivity index (χ0) is 23.5. The topological polar surface area (TPSA) is 73.2 Å². The number of carbonyl (C=O) groups is 2. The van der Waals surface area contributed by atoms with Crippen molar-refractivity contribution in [1.82, 2.24) is 14.9 Å². The minimum atomic E-state index is -0.115. The number of pyridine rings is 1. The summed E-state index contributed by atoms with van der Waals surface area (Å²) in [6, 6.07) is 18.2. The molecule has 2 aromatic carbocycles. The second kappa shape index (κ2) is 9.67. The number of benzene rings is 2. The third-order valence-electron chi connectivity index (χ3n) is 6.99. The van der Waals surface area contributed by atoms with E-state index in [2.05, 4.69) is 33.1 Å². The van der Waals surface area contributed by atoms with Gasteiger partial charge in [-0.3, -0.25) is 14.6 Å². The van der Waals surface area contributed by atoms with Crippen molar-refractivity contribution in [1.29, 1.82) is 0 Å². The minimum absolute atomic E-state index is 0.00214. The quantitative estimate of drug-likeness (QED) is 0.418. The van der Waals surface area contributed by atoms with Crippen LogP contribution in [0.15, 0.2) is 67.0 Å². The molecule has 0 aliphatic heterocycles. The summed E-state index contributed by atoms with van der Waals surface area (Å²) < 4.78 is 6.97. The van der Waals surface area contributed by atoms with Gasteiger partial charge in [0.2, 0.25) is 0 Å². The van der Waals surface area contributed by atoms with Crippen LogP contribution >= 0.6 is 0 Å². The van der Waals surface area contributed by atoms with Crippen LogP contribution in [0.2, 0.25) is 0 Å². The smallest absolute Gasteiger partial charge is 0.308 e. The molecule has 6 nitrogen and oxygen atoms in total. The van der Waals surface area contributed by atoms with Gasteiger partial charge in [-0.2, -0.15) is 0 Å². The molecule has 0 spiro atoms. The molecule has 0 bridgehead atoms. The van der Waals surface area contributed by atoms with Crippen LogP contribution < -0.4 is 5.32 Å². The number of nitrogens with zero attached hydrogens (tertiary/aromatic N) is 2. The summed E-state index contributed by atoms with van der Waals surface area (Å²) in [5, 5.41) is 6.45. The molecule has 0 radical (unpaired) electrons. The fourth-order valence-electron chi connectivity index (χ4n) is 5.07. The number of carbonyl (C=O) groups excluding carboxylic acids is 2. The van der Waals surface area contributed by atoms with Gasteiger partial charge in [-0.15, -0.1) is 0 Å². The number of rotatable bonds is 6. The number of hydrogen-bond acceptors (Lipinski definition) is 4. The Morgan fingerprint density at radius 3 is 2.56 bits per heavy atom. The van der Waals surface area contributed by atoms with Gasteiger partial charge in [-0.1, -0.05) is 36.4 Å². The van der Waals surface area contributed by atoms with Crippen molar-refractivity contribution < 1.29 is 14.3 Å². The normalized spacial score (nSPS) is 18.1. The van der Waals surface area contributed by atoms with E-state index in [0.29, 0.717) is 24.6 Å². The van der Waals surface area contributed by atoms with Gasteiger partial charge in [0.25, 0.3) is 5.91 Å². The highest BCUT2D eigenvalue weighted by Crippen LogP contribution is 2.29. The SMILES string of the molecule is COC(=O)[C@H]1CC[C@H](CNC(=O)c2cccc3ccn(Cc4cc5ccccc5cn4)c23)CC1. The van der Waals surface area contributed by atoms with Crippen LogP contribution in [0.1, 0.15) is 41.7 Å². The van der Waals surface area contributed by atoms with E-state index in [0.717, 1.165) is 53.1 Å². The van der Waals surface area contributed by atoms with E-state index in [1.807, 2.05) is 48.8 Å². The summed E-state index contributed by atoms with van der Waals surface area (Å²) in [6.45, 7) is 1.21. The van der Waals surface area contributed by atoms with Crippen LogP contribution in [-0.2, 0) is 16.1 Å². The number of ether oxygens (including phenoxy) is 1. The maximum atomic E-state index is 13.2. The Kier molecular flexibility index (Phi) is 6.30. The highest BCUT2D eigenvalue weighted by molar-refractivity contribution is 6.06. The van der Waals surface area contributed by atoms with Crippen LogP contribution in [0.25, 0.3) is 21.7 Å². The number of methoxy groups -OCH3 is 1. The number of para-hydroxylation sites is 1. The van der Waals surface area contributed by atoms with E-state index in [9.17, 15) is 9.59 Å². The number of nitrogens with one attached hydrogen (secondary N) is 1. The number of fused-ring (bicyclic) bond motifs is 2. The number of aromatic nitrogens is 2. The molecule has 4 aromatic rings. The maximum Gasteiger partial charge on any atom is 0.308 e. The summed E-state index contributed by atoms with van der Waals surface area (Å²) in [5.41, 5.74) is 2.55. The fraction of sp³-hybridized carbons (Fsp3) is 0.321. The van der Waals surface area contributed by atoms with Gasteiger partial charge >= 0.3 is 5.97 Å². The lowest BCUT2D eigenvalue weighted by Crippen LogP contribution is -2.33. The summed E-state index contributed by atoms with van der Waals surface area (Å²) in [7, 11) is 1.45. The van der Waals surface area contributed by atoms with Crippen molar-refractivity contribution >= 4 is 33.6 Å². The molecule has 5 rings (SSSR count). The van der Waals surface area contributed by atoms with Gasteiger partial charge in [-0.05, 0) is 55.2 Å². The van der Waals surface area contributed by atoms with Crippen LogP contribution in [0.3, 0.4) is 0 Å². The second-order valence-electron chi connectivity index (χ2n) is 9.16. The predicted octanol–water partition coefficient (Wildman–Crippen LogP) is 4.95. The van der Waals surface area contributed by atoms with Crippen molar-refractivity contribution in [2.75, 3.05) is 13.7 Å². The van der Waals surface area contributed by atoms with Crippen molar-refractivity contribution in [3.05, 3.63) is 78.2 Å². The highest BCUT2D eigenvalue weighted by Gasteiger charge is 2.27. The third kappa shape index (κ3) is 4.53. The average Bonchev–Trinajstić information content (AvgIpc) is 3.30. The molecule has 6 heteroatoms. The van der Waals surface area contributed by atoms with E-state index in [4.69, 9.17) is 4.74 Å². The van der Waals surface area contributed by atoms with E-state index in [1.165, 1.54) is 7.11 Å². The molecule has 1 N–H and O–H groups in total. The average molecular weight is 456 g/mol. The summed E-state index contributed by atoms with van der Waals surface area (Å²) in [4.78, 5) is 29.6. The van der Waals surface area contributed by atoms with Gasteiger partial charge in [0.15, 0.2) is 0 Å². The van der Waals surface area contributed by atoms with E-state index >= 15 is 0 Å². The molecule has 1 amide bonds. The molecule has 2 heterocycles. The highest BCUT2D eigenvalue weighted by atomic mass is 16.5. The van der Waals surface area contributed by atoms with Crippen molar-refractivity contribution in [3.63, 3.8) is 0 Å². The van der Waals surface area contributed by atoms with Crippen LogP contribution in [0.4, 0.5) is 0 Å². The first-order valence-electron chi connectivity index (χ1n) is 11.9. The molecule has 2 aromatic heterocycles. The molecule has 0 atom stereocenters. The van der Waals surface area contributed by atoms with Crippen LogP contribution in [-0.4, -0.2) is 35.1 Å². The molecule has 0 saturated heterocycles. The number of hydrogen-bond donors (Lipinski definition) is 1. The molecular formula is C28H29N3O3.